The zero-order chi connectivity index (χ0) is 98.3. The van der Waals surface area contributed by atoms with Crippen molar-refractivity contribution in [3.8, 4) is 45.3 Å². The maximum atomic E-state index is 14.2. The summed E-state index contributed by atoms with van der Waals surface area (Å²) < 4.78 is 14.2. The van der Waals surface area contributed by atoms with Gasteiger partial charge in [0.1, 0.15) is 18.4 Å². The topological polar surface area (TPSA) is 323 Å². The van der Waals surface area contributed by atoms with Crippen LogP contribution in [-0.2, 0) is 77.5 Å². The van der Waals surface area contributed by atoms with Gasteiger partial charge in [0.05, 0.1) is 70.6 Å². The molecule has 33 heteroatoms. The van der Waals surface area contributed by atoms with Gasteiger partial charge in [0.2, 0.25) is 35.4 Å². The summed E-state index contributed by atoms with van der Waals surface area (Å²) in [5, 5.41) is 16.6. The lowest BCUT2D eigenvalue weighted by atomic mass is 9.94. The number of methoxy groups -OCH3 is 1. The van der Waals surface area contributed by atoms with Gasteiger partial charge in [-0.3, -0.25) is 62.9 Å². The number of nitrogens with zero attached hydrogens (tertiary/aromatic N) is 17. The summed E-state index contributed by atoms with van der Waals surface area (Å²) in [6.07, 6.45) is 28.9. The number of Topliss-reactive ketones (excluding diaryl/α,β-unsaturated/α-hetero) is 3. The van der Waals surface area contributed by atoms with E-state index < -0.39 is 0 Å². The second kappa shape index (κ2) is 42.8. The van der Waals surface area contributed by atoms with E-state index in [-0.39, 0.29) is 107 Å². The lowest BCUT2D eigenvalue weighted by molar-refractivity contribution is -0.134. The molecular weight excluding hydrogens is 1900 g/mol. The quantitative estimate of drug-likeness (QED) is 0.0467. The van der Waals surface area contributed by atoms with Crippen LogP contribution in [0.25, 0.3) is 77.0 Å². The highest BCUT2D eigenvalue weighted by atomic mass is 79.9. The molecule has 29 nitrogen and oxygen atoms in total. The van der Waals surface area contributed by atoms with E-state index in [1.54, 1.807) is 91.6 Å². The first-order valence-corrected chi connectivity index (χ1v) is 48.3. The fourth-order valence-electron chi connectivity index (χ4n) is 19.5. The number of aromatic nitrogens is 9. The molecule has 0 spiro atoms. The number of aryl methyl sites for hydroxylation is 1. The van der Waals surface area contributed by atoms with E-state index in [9.17, 15) is 47.9 Å². The molecule has 6 aliphatic heterocycles. The Bertz CT molecular complexity index is 7100. The number of nitrogens with one attached hydrogen (secondary N) is 1. The number of rotatable bonds is 27. The second-order valence-electron chi connectivity index (χ2n) is 36.2. The number of pyridine rings is 5. The molecule has 9 aromatic heterocycles. The third-order valence-electron chi connectivity index (χ3n) is 26.7. The molecule has 714 valence electrons. The molecule has 15 heterocycles. The van der Waals surface area contributed by atoms with Crippen LogP contribution in [0, 0.1) is 36.0 Å². The molecule has 1 saturated carbocycles. The fourth-order valence-corrected chi connectivity index (χ4v) is 20.5. The minimum Gasteiger partial charge on any atom is -0.481 e. The van der Waals surface area contributed by atoms with E-state index >= 15 is 0 Å². The van der Waals surface area contributed by atoms with Crippen molar-refractivity contribution in [1.82, 2.24) is 77.9 Å². The summed E-state index contributed by atoms with van der Waals surface area (Å²) in [5.74, 6) is 1.79. The first-order chi connectivity index (χ1) is 67.7. The smallest absolute Gasteiger partial charge is 0.256 e. The number of carbonyl (C=O) groups excluding carboxylic acids is 10. The molecule has 1 N–H and O–H groups in total. The van der Waals surface area contributed by atoms with Gasteiger partial charge in [-0.15, -0.1) is 0 Å². The SMILES string of the molecule is C=CC(=O)N1CC(CC(=O)Cn2c(C3CC3)c(C(=O)N3CCN(c4ccc(C#N)cn4)CC3)c3cc(Cl)cc(C)c32)C1.C=CC(=O)N1CC(CC(=O)Cn2cc(-c3cccnc3)c3cc(-c4cccnc4)ccc32)C1.C=CC(=O)N1CC(CC(=O)Cn2cc(-c3cccnc3)c3cc(Br)ccc32)C1.C=CC(=O)N1CC(NC(=O)Cn2cc(C(=O)N3CCc4c(ccnc4OC)C3)c3c(Cl)c(Cl)ccc32)C1. The Labute approximate surface area is 832 Å². The Morgan fingerprint density at radius 3 is 1.59 bits per heavy atom. The van der Waals surface area contributed by atoms with Crippen LogP contribution < -0.4 is 15.0 Å². The minimum absolute atomic E-state index is 0.0145. The van der Waals surface area contributed by atoms with E-state index in [4.69, 9.17) is 44.8 Å². The average Bonchev–Trinajstić information content (AvgIpc) is 1.56. The predicted molar refractivity (Wildman–Crippen MR) is 542 cm³/mol. The Hall–Kier alpha value is -14.5. The minimum atomic E-state index is -0.232. The molecule has 20 rings (SSSR count). The number of fused-ring (bicyclic) bond motifs is 5. The number of halogens is 4. The van der Waals surface area contributed by atoms with Crippen molar-refractivity contribution in [1.29, 1.82) is 5.26 Å². The molecule has 7 amide bonds. The number of likely N-dealkylation sites (tertiary alicyclic amines) is 4. The zero-order valence-corrected chi connectivity index (χ0v) is 81.3. The van der Waals surface area contributed by atoms with Crippen molar-refractivity contribution in [3.63, 3.8) is 0 Å². The maximum absolute atomic E-state index is 14.2. The second-order valence-corrected chi connectivity index (χ2v) is 38.4. The van der Waals surface area contributed by atoms with Crippen LogP contribution >= 0.6 is 50.7 Å². The van der Waals surface area contributed by atoms with Crippen molar-refractivity contribution in [2.75, 3.05) is 97.1 Å². The molecule has 13 aromatic rings. The summed E-state index contributed by atoms with van der Waals surface area (Å²) in [6.45, 7) is 24.6. The van der Waals surface area contributed by atoms with Gasteiger partial charge in [-0.25, -0.2) is 9.97 Å². The zero-order valence-electron chi connectivity index (χ0n) is 77.4. The number of nitriles is 1. The largest absolute Gasteiger partial charge is 0.481 e. The molecular formula is C107H102BrCl3N18O11. The molecule has 0 atom stereocenters. The molecule has 0 radical (unpaired) electrons. The molecule has 4 aromatic carbocycles. The molecule has 140 heavy (non-hydrogen) atoms. The van der Waals surface area contributed by atoms with Crippen LogP contribution in [-0.4, -0.2) is 230 Å². The third kappa shape index (κ3) is 21.4. The maximum Gasteiger partial charge on any atom is 0.256 e. The van der Waals surface area contributed by atoms with Crippen LogP contribution in [0.5, 0.6) is 5.88 Å². The van der Waals surface area contributed by atoms with E-state index in [2.05, 4.69) is 112 Å². The number of benzene rings is 4. The van der Waals surface area contributed by atoms with E-state index in [0.717, 1.165) is 112 Å². The average molecular weight is 2000 g/mol. The van der Waals surface area contributed by atoms with Gasteiger partial charge in [-0.1, -0.05) is 101 Å². The predicted octanol–water partition coefficient (Wildman–Crippen LogP) is 15.8. The normalized spacial score (nSPS) is 15.2. The highest BCUT2D eigenvalue weighted by Gasteiger charge is 2.41. The number of hydrogen-bond acceptors (Lipinski definition) is 18. The summed E-state index contributed by atoms with van der Waals surface area (Å²) >= 11 is 23.0. The van der Waals surface area contributed by atoms with Gasteiger partial charge in [0, 0.05) is 284 Å². The van der Waals surface area contributed by atoms with Gasteiger partial charge < -0.3 is 62.6 Å². The number of amides is 7. The van der Waals surface area contributed by atoms with Crippen LogP contribution in [0.15, 0.2) is 239 Å². The van der Waals surface area contributed by atoms with E-state index in [1.807, 2.05) is 125 Å². The summed E-state index contributed by atoms with van der Waals surface area (Å²) in [7, 11) is 1.58. The van der Waals surface area contributed by atoms with Crippen molar-refractivity contribution >= 4 is 159 Å². The number of piperazine rings is 1. The van der Waals surface area contributed by atoms with Crippen molar-refractivity contribution in [3.05, 3.63) is 293 Å². The monoisotopic (exact) mass is 2000 g/mol. The van der Waals surface area contributed by atoms with Gasteiger partial charge in [0.15, 0.2) is 17.3 Å². The highest BCUT2D eigenvalue weighted by molar-refractivity contribution is 9.10. The van der Waals surface area contributed by atoms with Crippen LogP contribution in [0.3, 0.4) is 0 Å². The van der Waals surface area contributed by atoms with Crippen molar-refractivity contribution in [2.45, 2.75) is 90.1 Å². The molecule has 7 aliphatic rings. The fraction of sp³-hybridized carbons (Fsp3) is 0.290. The number of ketones is 3. The molecule has 5 saturated heterocycles. The van der Waals surface area contributed by atoms with Gasteiger partial charge in [-0.2, -0.15) is 5.26 Å². The molecule has 6 fully saturated rings. The van der Waals surface area contributed by atoms with Gasteiger partial charge in [-0.05, 0) is 158 Å². The Morgan fingerprint density at radius 2 is 1.06 bits per heavy atom. The van der Waals surface area contributed by atoms with E-state index in [1.165, 1.54) is 24.3 Å². The van der Waals surface area contributed by atoms with E-state index in [0.29, 0.717) is 174 Å². The summed E-state index contributed by atoms with van der Waals surface area (Å²) in [4.78, 5) is 160. The van der Waals surface area contributed by atoms with Gasteiger partial charge in [0.25, 0.3) is 11.8 Å². The molecule has 0 unspecified atom stereocenters. The lowest BCUT2D eigenvalue weighted by Gasteiger charge is -2.38. The molecule has 1 aliphatic carbocycles. The molecule has 0 bridgehead atoms. The number of anilines is 1. The van der Waals surface area contributed by atoms with Crippen molar-refractivity contribution < 1.29 is 52.7 Å². The summed E-state index contributed by atoms with van der Waals surface area (Å²) in [6, 6.07) is 38.8. The standard InChI is InChI=1S/C32H33ClN6O3.C27H24N4O2.C26H25Cl2N5O4.C22H20BrN3O2/c1-3-28(41)38-17-22(18-38)13-25(40)19-39-30-20(2)12-24(33)14-26(30)29(31(39)23-5-6-23)32(42)37-10-8-36(9-11-37)27-7-4-21(15-34)16-35-27;1-2-27(33)31-15-19(16-31)11-23(32)17-30-18-25(22-6-4-10-29-14-22)24-12-20(7-8-26(24)30)21-5-3-9-28-13-21;1-3-22(35)33-11-16(12-33)30-21(34)14-32-13-18(23-20(32)5-4-19(27)24(23)28)26(36)31-9-7-17-15(10-31)6-8-29-25(17)37-2;1-2-22(28)26-11-15(12-26)8-18(27)13-25-14-20(16-4-3-7-24-10-16)19-9-17(23)5-6-21(19)25/h3-4,7,12,14,16,22-23H,1,5-6,8-11,13,17-19H2,2H3;2-10,12-14,18-19H,1,11,15-17H2;3-6,8,13,16H,1,7,9-12,14H2,2H3,(H,30,34);2-7,9-10,14-15H,1,8,11-13H2. The first kappa shape index (κ1) is 97.1. The first-order valence-electron chi connectivity index (χ1n) is 46.4. The number of carbonyl (C=O) groups is 10. The highest BCUT2D eigenvalue weighted by Crippen LogP contribution is 2.48. The lowest BCUT2D eigenvalue weighted by Crippen LogP contribution is -2.61. The Kier molecular flexibility index (Phi) is 29.7. The van der Waals surface area contributed by atoms with Gasteiger partial charge >= 0.3 is 0 Å². The Morgan fingerprint density at radius 1 is 0.529 bits per heavy atom. The van der Waals surface area contributed by atoms with Crippen LogP contribution in [0.4, 0.5) is 5.82 Å². The van der Waals surface area contributed by atoms with Crippen LogP contribution in [0.2, 0.25) is 15.1 Å². The number of hydrogen-bond donors (Lipinski definition) is 1. The number of ether oxygens (including phenoxy) is 1. The van der Waals surface area contributed by atoms with Crippen LogP contribution in [0.1, 0.15) is 86.7 Å². The Balaban J connectivity index is 0.000000130. The van der Waals surface area contributed by atoms with Crippen molar-refractivity contribution in [2.24, 2.45) is 17.8 Å². The summed E-state index contributed by atoms with van der Waals surface area (Å²) in [5.41, 5.74) is 15.2. The third-order valence-corrected chi connectivity index (χ3v) is 28.2.